The van der Waals surface area contributed by atoms with Crippen LogP contribution in [0.2, 0.25) is 6.32 Å². The van der Waals surface area contributed by atoms with Crippen molar-refractivity contribution in [1.29, 1.82) is 0 Å². The van der Waals surface area contributed by atoms with Gasteiger partial charge in [-0.25, -0.2) is 4.79 Å². The van der Waals surface area contributed by atoms with Crippen LogP contribution in [0.15, 0.2) is 0 Å². The summed E-state index contributed by atoms with van der Waals surface area (Å²) in [5.41, 5.74) is 14.8. The minimum absolute atomic E-state index is 0.117. The maximum atomic E-state index is 11.8. The van der Waals surface area contributed by atoms with Crippen molar-refractivity contribution in [1.82, 2.24) is 10.2 Å². The van der Waals surface area contributed by atoms with Crippen molar-refractivity contribution in [3.63, 3.8) is 0 Å². The van der Waals surface area contributed by atoms with E-state index >= 15 is 0 Å². The molecule has 1 fully saturated rings. The summed E-state index contributed by atoms with van der Waals surface area (Å²) < 4.78 is 0. The van der Waals surface area contributed by atoms with Gasteiger partial charge in [0.15, 0.2) is 0 Å². The molecule has 0 aliphatic carbocycles. The van der Waals surface area contributed by atoms with Crippen LogP contribution in [-0.2, 0) is 4.79 Å². The zero-order valence-electron chi connectivity index (χ0n) is 11.6. The van der Waals surface area contributed by atoms with Crippen molar-refractivity contribution in [3.8, 4) is 0 Å². The zero-order valence-corrected chi connectivity index (χ0v) is 11.6. The molecule has 0 aromatic rings. The van der Waals surface area contributed by atoms with Crippen molar-refractivity contribution in [2.24, 2.45) is 23.1 Å². The Hall–Kier alpha value is -1.40. The van der Waals surface area contributed by atoms with E-state index in [0.717, 1.165) is 0 Å². The first kappa shape index (κ1) is 17.7. The fourth-order valence-corrected chi connectivity index (χ4v) is 2.46. The second kappa shape index (κ2) is 7.05. The van der Waals surface area contributed by atoms with Gasteiger partial charge in [0.2, 0.25) is 0 Å². The van der Waals surface area contributed by atoms with Crippen molar-refractivity contribution in [2.75, 3.05) is 13.1 Å². The summed E-state index contributed by atoms with van der Waals surface area (Å²) in [7, 11) is -1.45. The lowest BCUT2D eigenvalue weighted by atomic mass is 9.78. The molecule has 0 saturated carbocycles. The Bertz CT molecular complexity index is 396. The molecular formula is C10H22BN5O5. The molecule has 2 amide bonds. The molecule has 120 valence electrons. The number of carbonyl (C=O) groups is 2. The van der Waals surface area contributed by atoms with Gasteiger partial charge in [-0.15, -0.1) is 0 Å². The van der Waals surface area contributed by atoms with Gasteiger partial charge in [0.05, 0.1) is 6.54 Å². The standard InChI is InChI=1S/C10H22BN5O5/c12-8(13)15-9(19)16-4-6(2-1-3-11(20)21)10(14,5-16)7(17)18/h6,8,20-21H,1-5,12-14H2,(H,15,19)(H,17,18)/t6-,10-/m0/s1. The average molecular weight is 303 g/mol. The highest BCUT2D eigenvalue weighted by Gasteiger charge is 2.50. The van der Waals surface area contributed by atoms with E-state index in [2.05, 4.69) is 5.32 Å². The van der Waals surface area contributed by atoms with E-state index in [1.54, 1.807) is 0 Å². The number of urea groups is 1. The predicted octanol–water partition coefficient (Wildman–Crippen LogP) is -3.14. The highest BCUT2D eigenvalue weighted by atomic mass is 16.4. The van der Waals surface area contributed by atoms with Crippen LogP contribution in [-0.4, -0.2) is 64.1 Å². The smallest absolute Gasteiger partial charge is 0.451 e. The number of rotatable bonds is 6. The minimum atomic E-state index is -1.57. The molecule has 10 nitrogen and oxygen atoms in total. The van der Waals surface area contributed by atoms with Gasteiger partial charge in [0.1, 0.15) is 11.8 Å². The lowest BCUT2D eigenvalue weighted by Crippen LogP contribution is -2.56. The maximum Gasteiger partial charge on any atom is 0.451 e. The van der Waals surface area contributed by atoms with E-state index in [9.17, 15) is 14.7 Å². The SMILES string of the molecule is NC(N)NC(=O)N1C[C@H](CCCB(O)O)[C@](N)(C(=O)O)C1. The van der Waals surface area contributed by atoms with Crippen molar-refractivity contribution in [3.05, 3.63) is 0 Å². The number of aliphatic carboxylic acids is 1. The fourth-order valence-electron chi connectivity index (χ4n) is 2.46. The van der Waals surface area contributed by atoms with Gasteiger partial charge >= 0.3 is 19.1 Å². The molecule has 0 unspecified atom stereocenters. The second-order valence-corrected chi connectivity index (χ2v) is 5.31. The number of carbonyl (C=O) groups excluding carboxylic acids is 1. The topological polar surface area (TPSA) is 188 Å². The number of nitrogens with one attached hydrogen (secondary N) is 1. The van der Waals surface area contributed by atoms with Gasteiger partial charge < -0.3 is 31.1 Å². The summed E-state index contributed by atoms with van der Waals surface area (Å²) in [6.45, 7) is -0.0177. The first-order valence-corrected chi connectivity index (χ1v) is 6.62. The van der Waals surface area contributed by atoms with Gasteiger partial charge in [-0.2, -0.15) is 0 Å². The predicted molar refractivity (Wildman–Crippen MR) is 74.5 cm³/mol. The Kier molecular flexibility index (Phi) is 5.92. The van der Waals surface area contributed by atoms with Gasteiger partial charge in [-0.1, -0.05) is 6.42 Å². The van der Waals surface area contributed by atoms with Gasteiger partial charge in [0, 0.05) is 12.5 Å². The first-order valence-electron chi connectivity index (χ1n) is 6.62. The zero-order chi connectivity index (χ0) is 16.2. The lowest BCUT2D eigenvalue weighted by Gasteiger charge is -2.25. The molecular weight excluding hydrogens is 281 g/mol. The number of likely N-dealkylation sites (tertiary alicyclic amines) is 1. The van der Waals surface area contributed by atoms with Gasteiger partial charge in [0.25, 0.3) is 0 Å². The molecule has 1 heterocycles. The number of carboxylic acids is 1. The Balaban J connectivity index is 2.71. The fraction of sp³-hybridized carbons (Fsp3) is 0.800. The number of nitrogens with zero attached hydrogens (tertiary/aromatic N) is 1. The number of hydrogen-bond acceptors (Lipinski definition) is 7. The van der Waals surface area contributed by atoms with E-state index in [4.69, 9.17) is 27.2 Å². The monoisotopic (exact) mass is 303 g/mol. The molecule has 0 bridgehead atoms. The van der Waals surface area contributed by atoms with Crippen LogP contribution in [0.1, 0.15) is 12.8 Å². The van der Waals surface area contributed by atoms with E-state index in [1.165, 1.54) is 4.90 Å². The maximum absolute atomic E-state index is 11.8. The normalized spacial score (nSPS) is 25.2. The van der Waals surface area contributed by atoms with Crippen molar-refractivity contribution >= 4 is 19.1 Å². The van der Waals surface area contributed by atoms with Crippen LogP contribution in [0.3, 0.4) is 0 Å². The van der Waals surface area contributed by atoms with E-state index in [-0.39, 0.29) is 19.4 Å². The lowest BCUT2D eigenvalue weighted by molar-refractivity contribution is -0.144. The third kappa shape index (κ3) is 4.54. The average Bonchev–Trinajstić information content (AvgIpc) is 2.67. The van der Waals surface area contributed by atoms with Crippen molar-refractivity contribution < 1.29 is 24.7 Å². The molecule has 1 aliphatic heterocycles. The highest BCUT2D eigenvalue weighted by Crippen LogP contribution is 2.30. The molecule has 0 spiro atoms. The highest BCUT2D eigenvalue weighted by molar-refractivity contribution is 6.40. The molecule has 1 aliphatic rings. The molecule has 1 saturated heterocycles. The van der Waals surface area contributed by atoms with Gasteiger partial charge in [-0.05, 0) is 12.7 Å². The number of nitrogens with two attached hydrogens (primary N) is 3. The minimum Gasteiger partial charge on any atom is -0.480 e. The molecule has 0 aromatic carbocycles. The molecule has 2 atom stereocenters. The quantitative estimate of drug-likeness (QED) is 0.198. The third-order valence-electron chi connectivity index (χ3n) is 3.61. The Morgan fingerprint density at radius 2 is 2.05 bits per heavy atom. The van der Waals surface area contributed by atoms with Crippen LogP contribution in [0, 0.1) is 5.92 Å². The number of carboxylic acid groups (broad SMARTS) is 1. The van der Waals surface area contributed by atoms with Crippen LogP contribution < -0.4 is 22.5 Å². The summed E-state index contributed by atoms with van der Waals surface area (Å²) in [6, 6.07) is -0.578. The summed E-state index contributed by atoms with van der Waals surface area (Å²) >= 11 is 0. The summed E-state index contributed by atoms with van der Waals surface area (Å²) in [4.78, 5) is 24.5. The first-order chi connectivity index (χ1) is 9.66. The molecule has 11 heteroatoms. The largest absolute Gasteiger partial charge is 0.480 e. The second-order valence-electron chi connectivity index (χ2n) is 5.31. The Morgan fingerprint density at radius 3 is 2.52 bits per heavy atom. The van der Waals surface area contributed by atoms with Crippen molar-refractivity contribution in [2.45, 2.75) is 31.0 Å². The summed E-state index contributed by atoms with van der Waals surface area (Å²) in [5, 5.41) is 29.2. The van der Waals surface area contributed by atoms with E-state index in [0.29, 0.717) is 12.8 Å². The van der Waals surface area contributed by atoms with E-state index in [1.807, 2.05) is 0 Å². The summed E-state index contributed by atoms with van der Waals surface area (Å²) in [6.07, 6.45) is -0.177. The Labute approximate surface area is 122 Å². The summed E-state index contributed by atoms with van der Waals surface area (Å²) in [5.74, 6) is -1.70. The molecule has 10 N–H and O–H groups in total. The molecule has 1 rings (SSSR count). The van der Waals surface area contributed by atoms with Crippen LogP contribution in [0.4, 0.5) is 4.79 Å². The Morgan fingerprint density at radius 1 is 1.43 bits per heavy atom. The van der Waals surface area contributed by atoms with E-state index < -0.39 is 36.9 Å². The van der Waals surface area contributed by atoms with Gasteiger partial charge in [-0.3, -0.25) is 16.3 Å². The van der Waals surface area contributed by atoms with Crippen LogP contribution >= 0.6 is 0 Å². The third-order valence-corrected chi connectivity index (χ3v) is 3.61. The number of amides is 2. The van der Waals surface area contributed by atoms with Crippen LogP contribution in [0.25, 0.3) is 0 Å². The molecule has 0 radical (unpaired) electrons. The molecule has 21 heavy (non-hydrogen) atoms. The van der Waals surface area contributed by atoms with Crippen LogP contribution in [0.5, 0.6) is 0 Å². The molecule has 0 aromatic heterocycles. The number of hydrogen-bond donors (Lipinski definition) is 7.